The van der Waals surface area contributed by atoms with Crippen LogP contribution in [-0.4, -0.2) is 49.6 Å². The second kappa shape index (κ2) is 9.07. The van der Waals surface area contributed by atoms with Gasteiger partial charge in [0.25, 0.3) is 0 Å². The molecule has 28 heavy (non-hydrogen) atoms. The summed E-state index contributed by atoms with van der Waals surface area (Å²) in [7, 11) is 3.79. The average molecular weight is 405 g/mol. The fraction of sp³-hybridized carbons (Fsp3) is 0.300. The van der Waals surface area contributed by atoms with Crippen LogP contribution in [0, 0.1) is 11.6 Å². The molecule has 3 rings (SSSR count). The Bertz CT molecular complexity index is 947. The number of amides is 1. The first kappa shape index (κ1) is 20.2. The first-order valence-corrected chi connectivity index (χ1v) is 9.64. The zero-order valence-electron chi connectivity index (χ0n) is 15.7. The molecule has 0 aliphatic rings. The molecule has 0 unspecified atom stereocenters. The number of anilines is 1. The molecule has 0 spiro atoms. The molecule has 0 fully saturated rings. The van der Waals surface area contributed by atoms with Crippen LogP contribution >= 0.6 is 11.3 Å². The summed E-state index contributed by atoms with van der Waals surface area (Å²) in [6.07, 6.45) is 0.148. The highest BCUT2D eigenvalue weighted by Crippen LogP contribution is 2.31. The van der Waals surface area contributed by atoms with E-state index in [0.717, 1.165) is 17.4 Å². The molecule has 0 saturated carbocycles. The van der Waals surface area contributed by atoms with Gasteiger partial charge in [-0.3, -0.25) is 9.69 Å². The van der Waals surface area contributed by atoms with E-state index in [0.29, 0.717) is 28.7 Å². The first-order valence-electron chi connectivity index (χ1n) is 8.82. The van der Waals surface area contributed by atoms with Crippen LogP contribution in [0.25, 0.3) is 10.2 Å². The van der Waals surface area contributed by atoms with Crippen LogP contribution in [0.3, 0.4) is 0 Å². The van der Waals surface area contributed by atoms with Gasteiger partial charge in [0.2, 0.25) is 5.91 Å². The summed E-state index contributed by atoms with van der Waals surface area (Å²) < 4.78 is 33.5. The Morgan fingerprint density at radius 2 is 1.89 bits per heavy atom. The number of ether oxygens (including phenoxy) is 1. The zero-order valence-corrected chi connectivity index (χ0v) is 16.5. The SMILES string of the molecule is CN(C)CCN(C(=O)CCOc1ccccc1)c1nc2c(F)cc(F)cc2s1. The van der Waals surface area contributed by atoms with Gasteiger partial charge in [-0.05, 0) is 32.3 Å². The number of halogens is 2. The molecule has 148 valence electrons. The molecule has 2 aromatic carbocycles. The van der Waals surface area contributed by atoms with E-state index in [9.17, 15) is 13.6 Å². The molecule has 0 N–H and O–H groups in total. The normalized spacial score (nSPS) is 11.2. The largest absolute Gasteiger partial charge is 0.493 e. The smallest absolute Gasteiger partial charge is 0.232 e. The average Bonchev–Trinajstić information content (AvgIpc) is 3.06. The Morgan fingerprint density at radius 3 is 2.61 bits per heavy atom. The topological polar surface area (TPSA) is 45.7 Å². The third kappa shape index (κ3) is 5.02. The van der Waals surface area contributed by atoms with Crippen LogP contribution in [0.4, 0.5) is 13.9 Å². The fourth-order valence-electron chi connectivity index (χ4n) is 2.60. The van der Waals surface area contributed by atoms with E-state index < -0.39 is 11.6 Å². The summed E-state index contributed by atoms with van der Waals surface area (Å²) in [5.41, 5.74) is 0.0737. The van der Waals surface area contributed by atoms with Gasteiger partial charge in [0.1, 0.15) is 17.1 Å². The van der Waals surface area contributed by atoms with Crippen molar-refractivity contribution >= 4 is 32.6 Å². The van der Waals surface area contributed by atoms with Gasteiger partial charge in [-0.25, -0.2) is 13.8 Å². The van der Waals surface area contributed by atoms with Crippen LogP contribution in [0.15, 0.2) is 42.5 Å². The molecule has 1 heterocycles. The van der Waals surface area contributed by atoms with Crippen molar-refractivity contribution in [3.05, 3.63) is 54.1 Å². The van der Waals surface area contributed by atoms with Crippen molar-refractivity contribution in [2.45, 2.75) is 6.42 Å². The number of hydrogen-bond donors (Lipinski definition) is 0. The quantitative estimate of drug-likeness (QED) is 0.570. The Labute approximate surface area is 166 Å². The number of benzene rings is 2. The fourth-order valence-corrected chi connectivity index (χ4v) is 3.64. The molecule has 0 aliphatic heterocycles. The molecule has 5 nitrogen and oxygen atoms in total. The number of aromatic nitrogens is 1. The van der Waals surface area contributed by atoms with Crippen LogP contribution in [0.1, 0.15) is 6.42 Å². The minimum absolute atomic E-state index is 0.0737. The van der Waals surface area contributed by atoms with E-state index in [1.165, 1.54) is 11.0 Å². The highest BCUT2D eigenvalue weighted by atomic mass is 32.1. The summed E-state index contributed by atoms with van der Waals surface area (Å²) in [5, 5.41) is 0.353. The van der Waals surface area contributed by atoms with Crippen LogP contribution < -0.4 is 9.64 Å². The lowest BCUT2D eigenvalue weighted by molar-refractivity contribution is -0.119. The summed E-state index contributed by atoms with van der Waals surface area (Å²) in [6, 6.07) is 11.3. The van der Waals surface area contributed by atoms with Gasteiger partial charge >= 0.3 is 0 Å². The monoisotopic (exact) mass is 405 g/mol. The second-order valence-corrected chi connectivity index (χ2v) is 7.50. The maximum Gasteiger partial charge on any atom is 0.232 e. The molecule has 3 aromatic rings. The van der Waals surface area contributed by atoms with Crippen LogP contribution in [-0.2, 0) is 4.79 Å². The van der Waals surface area contributed by atoms with E-state index in [-0.39, 0.29) is 24.5 Å². The van der Waals surface area contributed by atoms with Crippen molar-refractivity contribution in [2.24, 2.45) is 0 Å². The minimum atomic E-state index is -0.732. The Balaban J connectivity index is 1.76. The number of rotatable bonds is 8. The van der Waals surface area contributed by atoms with Crippen LogP contribution in [0.2, 0.25) is 0 Å². The molecule has 0 radical (unpaired) electrons. The predicted molar refractivity (Wildman–Crippen MR) is 107 cm³/mol. The van der Waals surface area contributed by atoms with Crippen molar-refractivity contribution in [3.63, 3.8) is 0 Å². The van der Waals surface area contributed by atoms with E-state index in [1.54, 1.807) is 0 Å². The van der Waals surface area contributed by atoms with Gasteiger partial charge in [-0.2, -0.15) is 0 Å². The van der Waals surface area contributed by atoms with Gasteiger partial charge in [0.05, 0.1) is 17.7 Å². The predicted octanol–water partition coefficient (Wildman–Crippen LogP) is 3.94. The Morgan fingerprint density at radius 1 is 1.14 bits per heavy atom. The summed E-state index contributed by atoms with van der Waals surface area (Å²) in [6.45, 7) is 1.22. The second-order valence-electron chi connectivity index (χ2n) is 6.49. The highest BCUT2D eigenvalue weighted by molar-refractivity contribution is 7.22. The first-order chi connectivity index (χ1) is 13.4. The number of nitrogens with zero attached hydrogens (tertiary/aromatic N) is 3. The third-order valence-corrected chi connectivity index (χ3v) is 5.06. The lowest BCUT2D eigenvalue weighted by Gasteiger charge is -2.22. The molecule has 0 bridgehead atoms. The molecule has 1 amide bonds. The van der Waals surface area contributed by atoms with Crippen molar-refractivity contribution in [3.8, 4) is 5.75 Å². The summed E-state index contributed by atoms with van der Waals surface area (Å²) in [4.78, 5) is 20.5. The highest BCUT2D eigenvalue weighted by Gasteiger charge is 2.21. The number of carbonyl (C=O) groups excluding carboxylic acids is 1. The maximum absolute atomic E-state index is 14.0. The number of thiazole rings is 1. The number of fused-ring (bicyclic) bond motifs is 1. The zero-order chi connectivity index (χ0) is 20.1. The molecule has 1 aromatic heterocycles. The number of likely N-dealkylation sites (N-methyl/N-ethyl adjacent to an activating group) is 1. The molecule has 0 aliphatic carbocycles. The van der Waals surface area contributed by atoms with E-state index in [1.807, 2.05) is 49.3 Å². The van der Waals surface area contributed by atoms with Gasteiger partial charge in [-0.1, -0.05) is 29.5 Å². The summed E-state index contributed by atoms with van der Waals surface area (Å²) >= 11 is 1.10. The number of para-hydroxylation sites is 1. The number of hydrogen-bond acceptors (Lipinski definition) is 5. The van der Waals surface area contributed by atoms with E-state index >= 15 is 0 Å². The summed E-state index contributed by atoms with van der Waals surface area (Å²) in [5.74, 6) is -0.891. The van der Waals surface area contributed by atoms with Crippen molar-refractivity contribution < 1.29 is 18.3 Å². The van der Waals surface area contributed by atoms with Crippen molar-refractivity contribution in [2.75, 3.05) is 38.7 Å². The Hall–Kier alpha value is -2.58. The van der Waals surface area contributed by atoms with E-state index in [4.69, 9.17) is 4.74 Å². The van der Waals surface area contributed by atoms with Crippen LogP contribution in [0.5, 0.6) is 5.75 Å². The molecule has 8 heteroatoms. The maximum atomic E-state index is 14.0. The van der Waals surface area contributed by atoms with Crippen molar-refractivity contribution in [1.82, 2.24) is 9.88 Å². The minimum Gasteiger partial charge on any atom is -0.493 e. The molecule has 0 atom stereocenters. The Kier molecular flexibility index (Phi) is 6.53. The van der Waals surface area contributed by atoms with Crippen molar-refractivity contribution in [1.29, 1.82) is 0 Å². The van der Waals surface area contributed by atoms with Gasteiger partial charge in [0.15, 0.2) is 10.9 Å². The van der Waals surface area contributed by atoms with E-state index in [2.05, 4.69) is 4.98 Å². The van der Waals surface area contributed by atoms with Gasteiger partial charge in [-0.15, -0.1) is 0 Å². The van der Waals surface area contributed by atoms with Gasteiger partial charge < -0.3 is 9.64 Å². The molecule has 0 saturated heterocycles. The number of carbonyl (C=O) groups is 1. The lowest BCUT2D eigenvalue weighted by atomic mass is 10.3. The standard InChI is InChI=1S/C20H21F2N3O2S/c1-24(2)9-10-25(18(26)8-11-27-15-6-4-3-5-7-15)20-23-19-16(22)12-14(21)13-17(19)28-20/h3-7,12-13H,8-11H2,1-2H3. The molecular formula is C20H21F2N3O2S. The van der Waals surface area contributed by atoms with Gasteiger partial charge in [0, 0.05) is 19.2 Å². The lowest BCUT2D eigenvalue weighted by Crippen LogP contribution is -2.37. The third-order valence-electron chi connectivity index (χ3n) is 4.03. The molecular weight excluding hydrogens is 384 g/mol.